The van der Waals surface area contributed by atoms with Crippen LogP contribution in [0.2, 0.25) is 5.02 Å². The lowest BCUT2D eigenvalue weighted by Crippen LogP contribution is -2.29. The molecule has 36 heavy (non-hydrogen) atoms. The van der Waals surface area contributed by atoms with Gasteiger partial charge in [0.05, 0.1) is 25.8 Å². The number of nitrogens with zero attached hydrogens (tertiary/aromatic N) is 2. The van der Waals surface area contributed by atoms with Crippen LogP contribution in [0, 0.1) is 0 Å². The Kier molecular flexibility index (Phi) is 5.94. The molecular weight excluding hydrogens is 480 g/mol. The number of hydrogen-bond acceptors (Lipinski definition) is 5. The molecule has 0 bridgehead atoms. The summed E-state index contributed by atoms with van der Waals surface area (Å²) in [4.78, 5) is 28.3. The van der Waals surface area contributed by atoms with E-state index in [1.807, 2.05) is 42.1 Å². The molecule has 2 heterocycles. The van der Waals surface area contributed by atoms with Crippen molar-refractivity contribution in [1.29, 1.82) is 0 Å². The predicted molar refractivity (Wildman–Crippen MR) is 139 cm³/mol. The van der Waals surface area contributed by atoms with Gasteiger partial charge in [0.1, 0.15) is 5.76 Å². The molecule has 1 aromatic heterocycles. The molecule has 0 spiro atoms. The van der Waals surface area contributed by atoms with Crippen molar-refractivity contribution in [1.82, 2.24) is 4.57 Å². The first-order chi connectivity index (χ1) is 17.3. The SMILES string of the molecule is COc1ccc(/C(O)=C2\C(=O)C(=O)N(c3ccc(Cl)cc3)C2c2cn(C)c3ccccc23)cc1OC. The average Bonchev–Trinajstić information content (AvgIpc) is 3.37. The van der Waals surface area contributed by atoms with Crippen LogP contribution in [0.5, 0.6) is 11.5 Å². The van der Waals surface area contributed by atoms with Crippen molar-refractivity contribution in [2.75, 3.05) is 19.1 Å². The van der Waals surface area contributed by atoms with E-state index in [2.05, 4.69) is 0 Å². The lowest BCUT2D eigenvalue weighted by atomic mass is 9.94. The second-order valence-corrected chi connectivity index (χ2v) is 8.86. The number of aliphatic hydroxyl groups is 1. The topological polar surface area (TPSA) is 81.0 Å². The average molecular weight is 503 g/mol. The van der Waals surface area contributed by atoms with Crippen molar-refractivity contribution in [2.24, 2.45) is 7.05 Å². The Morgan fingerprint density at radius 3 is 2.33 bits per heavy atom. The van der Waals surface area contributed by atoms with Crippen molar-refractivity contribution in [3.8, 4) is 11.5 Å². The molecule has 7 nitrogen and oxygen atoms in total. The number of aliphatic hydroxyl groups excluding tert-OH is 1. The molecule has 0 radical (unpaired) electrons. The number of ether oxygens (including phenoxy) is 2. The summed E-state index contributed by atoms with van der Waals surface area (Å²) in [6.07, 6.45) is 1.88. The molecular formula is C28H23ClN2O5. The summed E-state index contributed by atoms with van der Waals surface area (Å²) in [6, 6.07) is 18.3. The summed E-state index contributed by atoms with van der Waals surface area (Å²) in [5, 5.41) is 12.8. The maximum Gasteiger partial charge on any atom is 0.300 e. The van der Waals surface area contributed by atoms with E-state index in [0.29, 0.717) is 33.3 Å². The van der Waals surface area contributed by atoms with E-state index in [-0.39, 0.29) is 11.3 Å². The molecule has 0 saturated carbocycles. The molecule has 1 unspecified atom stereocenters. The van der Waals surface area contributed by atoms with E-state index in [0.717, 1.165) is 10.9 Å². The highest BCUT2D eigenvalue weighted by molar-refractivity contribution is 6.52. The fraction of sp³-hybridized carbons (Fsp3) is 0.143. The number of amides is 1. The molecule has 1 N–H and O–H groups in total. The number of anilines is 1. The Labute approximate surface area is 212 Å². The molecule has 1 saturated heterocycles. The normalized spacial score (nSPS) is 17.1. The summed E-state index contributed by atoms with van der Waals surface area (Å²) in [6.45, 7) is 0. The van der Waals surface area contributed by atoms with E-state index in [9.17, 15) is 14.7 Å². The minimum atomic E-state index is -0.870. The molecule has 0 aliphatic carbocycles. The first kappa shape index (κ1) is 23.5. The monoisotopic (exact) mass is 502 g/mol. The molecule has 1 aliphatic rings. The zero-order valence-electron chi connectivity index (χ0n) is 19.9. The van der Waals surface area contributed by atoms with Crippen LogP contribution in [-0.4, -0.2) is 35.6 Å². The molecule has 1 amide bonds. The quantitative estimate of drug-likeness (QED) is 0.222. The van der Waals surface area contributed by atoms with Crippen LogP contribution in [0.15, 0.2) is 78.5 Å². The first-order valence-electron chi connectivity index (χ1n) is 11.2. The number of hydrogen-bond donors (Lipinski definition) is 1. The van der Waals surface area contributed by atoms with E-state index < -0.39 is 17.7 Å². The van der Waals surface area contributed by atoms with Crippen LogP contribution in [0.1, 0.15) is 17.2 Å². The smallest absolute Gasteiger partial charge is 0.300 e. The highest BCUT2D eigenvalue weighted by atomic mass is 35.5. The fourth-order valence-corrected chi connectivity index (χ4v) is 4.85. The van der Waals surface area contributed by atoms with Gasteiger partial charge in [-0.2, -0.15) is 0 Å². The van der Waals surface area contributed by atoms with Crippen molar-refractivity contribution < 1.29 is 24.2 Å². The zero-order chi connectivity index (χ0) is 25.6. The minimum Gasteiger partial charge on any atom is -0.507 e. The molecule has 182 valence electrons. The van der Waals surface area contributed by atoms with Crippen molar-refractivity contribution in [2.45, 2.75) is 6.04 Å². The number of carbonyl (C=O) groups excluding carboxylic acids is 2. The van der Waals surface area contributed by atoms with Gasteiger partial charge in [-0.05, 0) is 48.5 Å². The van der Waals surface area contributed by atoms with E-state index >= 15 is 0 Å². The number of Topliss-reactive ketones (excluding diaryl/α,β-unsaturated/α-hetero) is 1. The number of halogens is 1. The molecule has 3 aromatic carbocycles. The summed E-state index contributed by atoms with van der Waals surface area (Å²) >= 11 is 6.09. The number of benzene rings is 3. The van der Waals surface area contributed by atoms with E-state index in [4.69, 9.17) is 21.1 Å². The molecule has 1 atom stereocenters. The van der Waals surface area contributed by atoms with Crippen molar-refractivity contribution >= 4 is 45.6 Å². The van der Waals surface area contributed by atoms with Gasteiger partial charge in [0, 0.05) is 46.0 Å². The third kappa shape index (κ3) is 3.69. The Hall–Kier alpha value is -4.23. The number of aryl methyl sites for hydroxylation is 1. The van der Waals surface area contributed by atoms with Crippen LogP contribution in [0.4, 0.5) is 5.69 Å². The second kappa shape index (κ2) is 9.09. The van der Waals surface area contributed by atoms with Crippen LogP contribution in [0.3, 0.4) is 0 Å². The number of ketones is 1. The van der Waals surface area contributed by atoms with Gasteiger partial charge >= 0.3 is 0 Å². The van der Waals surface area contributed by atoms with Crippen LogP contribution in [-0.2, 0) is 16.6 Å². The molecule has 5 rings (SSSR count). The summed E-state index contributed by atoms with van der Waals surface area (Å²) in [7, 11) is 4.89. The zero-order valence-corrected chi connectivity index (χ0v) is 20.6. The van der Waals surface area contributed by atoms with Crippen LogP contribution in [0.25, 0.3) is 16.7 Å². The van der Waals surface area contributed by atoms with Gasteiger partial charge in [-0.3, -0.25) is 14.5 Å². The molecule has 1 aliphatic heterocycles. The van der Waals surface area contributed by atoms with Gasteiger partial charge in [0.2, 0.25) is 0 Å². The number of carbonyl (C=O) groups is 2. The number of para-hydroxylation sites is 1. The lowest BCUT2D eigenvalue weighted by Gasteiger charge is -2.25. The van der Waals surface area contributed by atoms with E-state index in [1.54, 1.807) is 42.5 Å². The van der Waals surface area contributed by atoms with Crippen LogP contribution >= 0.6 is 11.6 Å². The number of rotatable bonds is 5. The number of aromatic nitrogens is 1. The van der Waals surface area contributed by atoms with Crippen LogP contribution < -0.4 is 14.4 Å². The fourth-order valence-electron chi connectivity index (χ4n) is 4.72. The van der Waals surface area contributed by atoms with Gasteiger partial charge in [-0.1, -0.05) is 29.8 Å². The molecule has 1 fully saturated rings. The van der Waals surface area contributed by atoms with Gasteiger partial charge in [-0.25, -0.2) is 0 Å². The van der Waals surface area contributed by atoms with Gasteiger partial charge in [0.15, 0.2) is 11.5 Å². The maximum atomic E-state index is 13.5. The molecule has 4 aromatic rings. The standard InChI is InChI=1S/C28H23ClN2O5/c1-30-15-20(19-6-4-5-7-21(19)30)25-24(26(32)16-8-13-22(35-2)23(14-16)36-3)27(33)28(34)31(25)18-11-9-17(29)10-12-18/h4-15,25,32H,1-3H3/b26-24+. The van der Waals surface area contributed by atoms with Gasteiger partial charge in [0.25, 0.3) is 11.7 Å². The Morgan fingerprint density at radius 1 is 0.944 bits per heavy atom. The lowest BCUT2D eigenvalue weighted by molar-refractivity contribution is -0.132. The molecule has 8 heteroatoms. The maximum absolute atomic E-state index is 13.5. The van der Waals surface area contributed by atoms with Crippen molar-refractivity contribution in [3.63, 3.8) is 0 Å². The summed E-state index contributed by atoms with van der Waals surface area (Å²) < 4.78 is 12.6. The minimum absolute atomic E-state index is 0.0153. The first-order valence-corrected chi connectivity index (χ1v) is 11.6. The largest absolute Gasteiger partial charge is 0.507 e. The Bertz CT molecular complexity index is 1540. The highest BCUT2D eigenvalue weighted by Gasteiger charge is 2.48. The summed E-state index contributed by atoms with van der Waals surface area (Å²) in [5.41, 5.74) is 2.45. The Morgan fingerprint density at radius 2 is 1.64 bits per heavy atom. The number of methoxy groups -OCH3 is 2. The highest BCUT2D eigenvalue weighted by Crippen LogP contribution is 2.45. The Balaban J connectivity index is 1.78. The summed E-state index contributed by atoms with van der Waals surface area (Å²) in [5.74, 6) is -0.965. The van der Waals surface area contributed by atoms with Gasteiger partial charge < -0.3 is 19.1 Å². The van der Waals surface area contributed by atoms with Crippen molar-refractivity contribution in [3.05, 3.63) is 94.6 Å². The van der Waals surface area contributed by atoms with E-state index in [1.165, 1.54) is 19.1 Å². The third-order valence-electron chi connectivity index (χ3n) is 6.43. The second-order valence-electron chi connectivity index (χ2n) is 8.43. The predicted octanol–water partition coefficient (Wildman–Crippen LogP) is 5.48. The third-order valence-corrected chi connectivity index (χ3v) is 6.68. The van der Waals surface area contributed by atoms with Gasteiger partial charge in [-0.15, -0.1) is 0 Å². The number of fused-ring (bicyclic) bond motifs is 1.